The molecule has 1 heterocycles. The van der Waals surface area contributed by atoms with Gasteiger partial charge in [0.15, 0.2) is 0 Å². The molecular formula is C16H20N2O5. The highest BCUT2D eigenvalue weighted by Gasteiger charge is 2.36. The number of alkyl carbamates (subject to hydrolysis) is 1. The van der Waals surface area contributed by atoms with Crippen molar-refractivity contribution in [2.45, 2.75) is 32.5 Å². The Morgan fingerprint density at radius 1 is 1.22 bits per heavy atom. The highest BCUT2D eigenvalue weighted by Crippen LogP contribution is 2.22. The Morgan fingerprint density at radius 3 is 2.22 bits per heavy atom. The number of nitrogens with one attached hydrogen (secondary N) is 1. The van der Waals surface area contributed by atoms with E-state index >= 15 is 0 Å². The fraction of sp³-hybridized carbons (Fsp3) is 0.438. The van der Waals surface area contributed by atoms with Crippen LogP contribution in [0.3, 0.4) is 0 Å². The van der Waals surface area contributed by atoms with Crippen molar-refractivity contribution in [1.29, 1.82) is 0 Å². The summed E-state index contributed by atoms with van der Waals surface area (Å²) >= 11 is 0. The predicted molar refractivity (Wildman–Crippen MR) is 82.1 cm³/mol. The Kier molecular flexibility index (Phi) is 4.70. The molecule has 0 aromatic heterocycles. The number of amides is 3. The van der Waals surface area contributed by atoms with Crippen LogP contribution in [0.2, 0.25) is 0 Å². The first kappa shape index (κ1) is 17.0. The summed E-state index contributed by atoms with van der Waals surface area (Å²) < 4.78 is 5.04. The second kappa shape index (κ2) is 6.37. The number of carbonyl (C=O) groups is 3. The standard InChI is InChI=1S/C16H20N2O5/c1-16(2,3)23-15(22)17-8-10(19)9-18-13(20)11-6-4-5-7-12(11)14(18)21/h4-7,10,19H,8-9H2,1-3H3,(H,17,22). The molecule has 1 aliphatic heterocycles. The largest absolute Gasteiger partial charge is 0.444 e. The third kappa shape index (κ3) is 4.07. The van der Waals surface area contributed by atoms with Crippen molar-refractivity contribution in [2.75, 3.05) is 13.1 Å². The van der Waals surface area contributed by atoms with Crippen LogP contribution in [0.25, 0.3) is 0 Å². The van der Waals surface area contributed by atoms with Crippen molar-refractivity contribution in [3.63, 3.8) is 0 Å². The monoisotopic (exact) mass is 320 g/mol. The molecule has 0 bridgehead atoms. The van der Waals surface area contributed by atoms with Crippen LogP contribution in [0.5, 0.6) is 0 Å². The van der Waals surface area contributed by atoms with Gasteiger partial charge in [0.2, 0.25) is 0 Å². The van der Waals surface area contributed by atoms with Gasteiger partial charge in [0, 0.05) is 6.54 Å². The maximum atomic E-state index is 12.2. The molecular weight excluding hydrogens is 300 g/mol. The van der Waals surface area contributed by atoms with Crippen molar-refractivity contribution in [2.24, 2.45) is 0 Å². The summed E-state index contributed by atoms with van der Waals surface area (Å²) in [5, 5.41) is 12.4. The highest BCUT2D eigenvalue weighted by molar-refractivity contribution is 6.21. The lowest BCUT2D eigenvalue weighted by molar-refractivity contribution is 0.0450. The summed E-state index contributed by atoms with van der Waals surface area (Å²) in [5.41, 5.74) is 0.00648. The molecule has 0 spiro atoms. The van der Waals surface area contributed by atoms with Gasteiger partial charge in [-0.2, -0.15) is 0 Å². The topological polar surface area (TPSA) is 95.9 Å². The first-order chi connectivity index (χ1) is 10.7. The van der Waals surface area contributed by atoms with E-state index in [0.717, 1.165) is 4.90 Å². The SMILES string of the molecule is CC(C)(C)OC(=O)NCC(O)CN1C(=O)c2ccccc2C1=O. The molecule has 0 saturated carbocycles. The van der Waals surface area contributed by atoms with Gasteiger partial charge in [-0.25, -0.2) is 4.79 Å². The number of rotatable bonds is 4. The number of benzene rings is 1. The Morgan fingerprint density at radius 2 is 1.74 bits per heavy atom. The van der Waals surface area contributed by atoms with Crippen LogP contribution in [0.1, 0.15) is 41.5 Å². The Hall–Kier alpha value is -2.41. The van der Waals surface area contributed by atoms with E-state index in [1.807, 2.05) is 0 Å². The number of β-amino-alcohol motifs (C(OH)–C–C–N with tert-alkyl or cyclic N) is 1. The maximum absolute atomic E-state index is 12.2. The number of hydrogen-bond acceptors (Lipinski definition) is 5. The van der Waals surface area contributed by atoms with E-state index in [4.69, 9.17) is 4.74 Å². The minimum Gasteiger partial charge on any atom is -0.444 e. The van der Waals surface area contributed by atoms with Crippen LogP contribution in [0.4, 0.5) is 4.79 Å². The normalized spacial score (nSPS) is 15.4. The fourth-order valence-electron chi connectivity index (χ4n) is 2.20. The van der Waals surface area contributed by atoms with Gasteiger partial charge in [-0.05, 0) is 32.9 Å². The predicted octanol–water partition coefficient (Wildman–Crippen LogP) is 1.17. The minimum absolute atomic E-state index is 0.123. The number of nitrogens with zero attached hydrogens (tertiary/aromatic N) is 1. The molecule has 0 aliphatic carbocycles. The van der Waals surface area contributed by atoms with Gasteiger partial charge in [0.25, 0.3) is 11.8 Å². The molecule has 1 unspecified atom stereocenters. The van der Waals surface area contributed by atoms with Gasteiger partial charge < -0.3 is 15.2 Å². The summed E-state index contributed by atoms with van der Waals surface area (Å²) in [6.45, 7) is 4.86. The average molecular weight is 320 g/mol. The lowest BCUT2D eigenvalue weighted by Crippen LogP contribution is -2.43. The van der Waals surface area contributed by atoms with Gasteiger partial charge >= 0.3 is 6.09 Å². The summed E-state index contributed by atoms with van der Waals surface area (Å²) in [4.78, 5) is 36.8. The molecule has 2 rings (SSSR count). The second-order valence-electron chi connectivity index (χ2n) is 6.30. The number of imide groups is 1. The van der Waals surface area contributed by atoms with E-state index in [1.165, 1.54) is 0 Å². The Balaban J connectivity index is 1.90. The number of ether oxygens (including phenoxy) is 1. The minimum atomic E-state index is -1.08. The molecule has 0 radical (unpaired) electrons. The van der Waals surface area contributed by atoms with Crippen molar-refractivity contribution in [3.8, 4) is 0 Å². The van der Waals surface area contributed by atoms with Gasteiger partial charge in [-0.15, -0.1) is 0 Å². The van der Waals surface area contributed by atoms with Gasteiger partial charge in [-0.1, -0.05) is 12.1 Å². The molecule has 1 aromatic rings. The van der Waals surface area contributed by atoms with E-state index in [2.05, 4.69) is 5.32 Å². The molecule has 23 heavy (non-hydrogen) atoms. The number of fused-ring (bicyclic) bond motifs is 1. The summed E-state index contributed by atoms with van der Waals surface area (Å²) in [6, 6.07) is 6.49. The number of hydrogen-bond donors (Lipinski definition) is 2. The van der Waals surface area contributed by atoms with Gasteiger partial charge in [-0.3, -0.25) is 14.5 Å². The zero-order chi connectivity index (χ0) is 17.2. The van der Waals surface area contributed by atoms with Crippen molar-refractivity contribution in [3.05, 3.63) is 35.4 Å². The van der Waals surface area contributed by atoms with Crippen LogP contribution < -0.4 is 5.32 Å². The van der Waals surface area contributed by atoms with Crippen LogP contribution in [0, 0.1) is 0 Å². The molecule has 2 N–H and O–H groups in total. The Labute approximate surface area is 134 Å². The molecule has 7 nitrogen and oxygen atoms in total. The molecule has 124 valence electrons. The Bertz CT molecular complexity index is 601. The zero-order valence-corrected chi connectivity index (χ0v) is 13.3. The number of aliphatic hydroxyl groups excluding tert-OH is 1. The molecule has 1 aromatic carbocycles. The molecule has 1 aliphatic rings. The van der Waals surface area contributed by atoms with Crippen LogP contribution in [-0.4, -0.2) is 52.7 Å². The lowest BCUT2D eigenvalue weighted by Gasteiger charge is -2.22. The quantitative estimate of drug-likeness (QED) is 0.812. The zero-order valence-electron chi connectivity index (χ0n) is 13.3. The molecule has 0 fully saturated rings. The fourth-order valence-corrected chi connectivity index (χ4v) is 2.20. The maximum Gasteiger partial charge on any atom is 0.407 e. The first-order valence-corrected chi connectivity index (χ1v) is 7.29. The van der Waals surface area contributed by atoms with E-state index in [-0.39, 0.29) is 13.1 Å². The number of carbonyl (C=O) groups excluding carboxylic acids is 3. The van der Waals surface area contributed by atoms with Crippen molar-refractivity contribution >= 4 is 17.9 Å². The van der Waals surface area contributed by atoms with E-state index < -0.39 is 29.6 Å². The van der Waals surface area contributed by atoms with Crippen LogP contribution >= 0.6 is 0 Å². The number of aliphatic hydroxyl groups is 1. The summed E-state index contributed by atoms with van der Waals surface area (Å²) in [6.07, 6.45) is -1.75. The van der Waals surface area contributed by atoms with E-state index in [0.29, 0.717) is 11.1 Å². The molecule has 0 saturated heterocycles. The molecule has 7 heteroatoms. The molecule has 3 amide bonds. The third-order valence-corrected chi connectivity index (χ3v) is 3.15. The highest BCUT2D eigenvalue weighted by atomic mass is 16.6. The van der Waals surface area contributed by atoms with Crippen molar-refractivity contribution in [1.82, 2.24) is 10.2 Å². The third-order valence-electron chi connectivity index (χ3n) is 3.15. The first-order valence-electron chi connectivity index (χ1n) is 7.29. The van der Waals surface area contributed by atoms with Crippen LogP contribution in [-0.2, 0) is 4.74 Å². The van der Waals surface area contributed by atoms with E-state index in [9.17, 15) is 19.5 Å². The summed E-state index contributed by atoms with van der Waals surface area (Å²) in [7, 11) is 0. The second-order valence-corrected chi connectivity index (χ2v) is 6.30. The smallest absolute Gasteiger partial charge is 0.407 e. The van der Waals surface area contributed by atoms with Gasteiger partial charge in [0.05, 0.1) is 23.8 Å². The summed E-state index contributed by atoms with van der Waals surface area (Å²) in [5.74, 6) is -0.885. The average Bonchev–Trinajstić information content (AvgIpc) is 2.69. The van der Waals surface area contributed by atoms with Gasteiger partial charge in [0.1, 0.15) is 5.60 Å². The molecule has 1 atom stereocenters. The van der Waals surface area contributed by atoms with Crippen LogP contribution in [0.15, 0.2) is 24.3 Å². The van der Waals surface area contributed by atoms with E-state index in [1.54, 1.807) is 45.0 Å². The van der Waals surface area contributed by atoms with Crippen molar-refractivity contribution < 1.29 is 24.2 Å². The lowest BCUT2D eigenvalue weighted by atomic mass is 10.1.